The molecular formula is C50H61F2N17O18P2S2. The van der Waals surface area contributed by atoms with Crippen molar-refractivity contribution in [1.82, 2.24) is 64.8 Å². The van der Waals surface area contributed by atoms with E-state index in [9.17, 15) is 47.5 Å². The van der Waals surface area contributed by atoms with Gasteiger partial charge in [-0.25, -0.2) is 62.2 Å². The van der Waals surface area contributed by atoms with E-state index in [4.69, 9.17) is 48.5 Å². The van der Waals surface area contributed by atoms with E-state index in [1.165, 1.54) is 30.1 Å². The van der Waals surface area contributed by atoms with Crippen LogP contribution in [-0.2, 0) is 76.8 Å². The third-order valence-corrected chi connectivity index (χ3v) is 17.5. The number of aromatic nitrogens is 8. The van der Waals surface area contributed by atoms with Crippen molar-refractivity contribution in [2.24, 2.45) is 11.7 Å². The fourth-order valence-electron chi connectivity index (χ4n) is 9.61. The van der Waals surface area contributed by atoms with Crippen molar-refractivity contribution in [3.8, 4) is 0 Å². The van der Waals surface area contributed by atoms with Gasteiger partial charge in [-0.3, -0.25) is 61.4 Å². The summed E-state index contributed by atoms with van der Waals surface area (Å²) in [6.45, 7) is -8.19. The molecule has 9 rings (SSSR count). The molecule has 0 unspecified atom stereocenters. The van der Waals surface area contributed by atoms with Crippen LogP contribution >= 0.6 is 38.1 Å². The van der Waals surface area contributed by atoms with Gasteiger partial charge in [0.05, 0.1) is 32.4 Å². The number of hydrogen-bond acceptors (Lipinski definition) is 25. The molecule has 5 aromatic rings. The second-order valence-electron chi connectivity index (χ2n) is 20.9. The van der Waals surface area contributed by atoms with Gasteiger partial charge in [-0.05, 0) is 36.5 Å². The zero-order valence-electron chi connectivity index (χ0n) is 48.2. The summed E-state index contributed by atoms with van der Waals surface area (Å²) in [4.78, 5) is 128. The molecule has 35 nitrogen and oxygen atoms in total. The normalized spacial score (nSPS) is 25.6. The fraction of sp³-hybridized carbons (Fsp3) is 0.480. The van der Waals surface area contributed by atoms with Gasteiger partial charge in [-0.1, -0.05) is 50.5 Å². The number of anilines is 3. The van der Waals surface area contributed by atoms with Crippen molar-refractivity contribution < 1.29 is 93.3 Å². The van der Waals surface area contributed by atoms with E-state index in [0.717, 1.165) is 45.5 Å². The van der Waals surface area contributed by atoms with E-state index in [0.29, 0.717) is 11.3 Å². The number of primary amides is 1. The number of nitrogens with zero attached hydrogens (tertiary/aromatic N) is 10. The highest BCUT2D eigenvalue weighted by atomic mass is 32.7. The number of likely N-dealkylation sites (N-methyl/N-ethyl adjacent to an activating group) is 1. The minimum absolute atomic E-state index is 0.00155. The molecule has 3 saturated heterocycles. The molecule has 9 N–H and O–H groups in total. The number of nitrogens with one attached hydrogen (secondary N) is 5. The van der Waals surface area contributed by atoms with Gasteiger partial charge in [0.25, 0.3) is 11.8 Å². The molecular weight excluding hydrogens is 1290 g/mol. The Bertz CT molecular complexity index is 3690. The van der Waals surface area contributed by atoms with Gasteiger partial charge < -0.3 is 56.6 Å². The molecule has 0 radical (unpaired) electrons. The number of fused-ring (bicyclic) bond motifs is 4. The van der Waals surface area contributed by atoms with E-state index in [1.807, 2.05) is 0 Å². The smallest absolute Gasteiger partial charge is 0.412 e. The second-order valence-corrected chi connectivity index (χ2v) is 26.7. The van der Waals surface area contributed by atoms with Crippen molar-refractivity contribution in [2.75, 3.05) is 62.9 Å². The maximum atomic E-state index is 16.7. The summed E-state index contributed by atoms with van der Waals surface area (Å²) in [6.07, 6.45) is -9.35. The number of carbonyl (C=O) groups excluding carboxylic acids is 8. The van der Waals surface area contributed by atoms with Crippen molar-refractivity contribution in [1.29, 1.82) is 0 Å². The SMILES string of the molecule is CC(C)[C@H](NC(=O)CCN1C(=O)C=CC1=O)C(=O)N[C@@H](CCCNC(N)=O)C(=O)Nc1ccc(COC(=O)N(C)CCOC(=O)Nc2ncnc3c2ncn3[C@@H]2O[C@@H]3CO[P@](=O)(S)O[C@H]4[C@@H](F)[C@H](n5cnc6c(N)ncnc65)O[C@@H]4CO[P@@](=O)(S)O[C@H]3[C@H]2F)cc1. The lowest BCUT2D eigenvalue weighted by Gasteiger charge is -2.28. The highest BCUT2D eigenvalue weighted by Crippen LogP contribution is 2.60. The predicted molar refractivity (Wildman–Crippen MR) is 316 cm³/mol. The Hall–Kier alpha value is -8.00. The fourth-order valence-corrected chi connectivity index (χ4v) is 12.6. The predicted octanol–water partition coefficient (Wildman–Crippen LogP) is 2.76. The lowest BCUT2D eigenvalue weighted by molar-refractivity contribution is -0.137. The van der Waals surface area contributed by atoms with E-state index >= 15 is 8.78 Å². The second kappa shape index (κ2) is 29.1. The van der Waals surface area contributed by atoms with Crippen LogP contribution in [0.25, 0.3) is 22.3 Å². The molecule has 4 aromatic heterocycles. The van der Waals surface area contributed by atoms with Crippen LogP contribution in [0.1, 0.15) is 51.1 Å². The third-order valence-electron chi connectivity index (χ3n) is 14.2. The average molecular weight is 1350 g/mol. The maximum absolute atomic E-state index is 16.7. The number of carbonyl (C=O) groups is 8. The number of amides is 9. The first kappa shape index (κ1) is 67.4. The third kappa shape index (κ3) is 16.6. The van der Waals surface area contributed by atoms with Gasteiger partial charge in [0.2, 0.25) is 17.7 Å². The number of urea groups is 1. The first-order chi connectivity index (χ1) is 43.3. The minimum atomic E-state index is -4.58. The summed E-state index contributed by atoms with van der Waals surface area (Å²) in [5, 5.41) is 12.8. The summed E-state index contributed by atoms with van der Waals surface area (Å²) < 4.78 is 107. The van der Waals surface area contributed by atoms with Crippen LogP contribution in [0.2, 0.25) is 0 Å². The van der Waals surface area contributed by atoms with Crippen LogP contribution in [0.15, 0.2) is 61.7 Å². The summed E-state index contributed by atoms with van der Waals surface area (Å²) >= 11 is 8.08. The number of imidazole rings is 2. The molecule has 0 aliphatic carbocycles. The highest BCUT2D eigenvalue weighted by molar-refractivity contribution is 8.44. The van der Waals surface area contributed by atoms with Crippen LogP contribution in [-0.4, -0.2) is 192 Å². The Morgan fingerprint density at radius 1 is 0.791 bits per heavy atom. The Kier molecular flexibility index (Phi) is 21.5. The molecule has 9 amide bonds. The molecule has 4 aliphatic rings. The number of ether oxygens (including phenoxy) is 4. The van der Waals surface area contributed by atoms with Gasteiger partial charge in [-0.15, -0.1) is 0 Å². The van der Waals surface area contributed by atoms with Crippen molar-refractivity contribution in [3.63, 3.8) is 0 Å². The molecule has 8 heterocycles. The van der Waals surface area contributed by atoms with E-state index < -0.39 is 142 Å². The molecule has 4 aliphatic heterocycles. The lowest BCUT2D eigenvalue weighted by atomic mass is 10.0. The number of benzene rings is 1. The number of halogens is 2. The molecule has 12 atom stereocenters. The van der Waals surface area contributed by atoms with Gasteiger partial charge >= 0.3 is 31.8 Å². The number of imide groups is 1. The maximum Gasteiger partial charge on any atom is 0.412 e. The van der Waals surface area contributed by atoms with Gasteiger partial charge in [-0.2, -0.15) is 0 Å². The van der Waals surface area contributed by atoms with Crippen LogP contribution < -0.4 is 38.1 Å². The molecule has 91 heavy (non-hydrogen) atoms. The molecule has 41 heteroatoms. The Morgan fingerprint density at radius 2 is 1.37 bits per heavy atom. The van der Waals surface area contributed by atoms with Crippen LogP contribution in [0, 0.1) is 5.92 Å². The van der Waals surface area contributed by atoms with Gasteiger partial charge in [0.15, 0.2) is 53.2 Å². The Balaban J connectivity index is 0.738. The standard InChI is InChI=1S/C50H61F2N17O18P2S2/c1-24(2)35(64-30(70)12-14-67-31(71)10-11-32(67)72)45(74)63-27(5-4-13-55-48(54)75)44(73)62-26-8-6-25(7-9-26)17-81-50(77)66(3)15-16-80-49(76)65-41-37-43(59-21-57-41)69(23-61-37)47-34(52)39-29(85-47)19-83-88(78,90)86-38-28(18-82-89(79,91)87-39)84-46(33(38)51)68-22-60-36-40(53)56-20-58-42(36)68/h6-11,20-24,27-29,33-35,38-39,46-47H,4-5,12-19H2,1-3H3,(H,62,73)(H,63,74)(H,64,70)(H,78,90)(H,79,91)(H2,53,56,58)(H3,54,55,75)(H,57,59,65,76)/t27-,28+,29+,33+,34+,35-,38+,39+,46+,47+,88-,89+/m0/s1. The van der Waals surface area contributed by atoms with E-state index in [-0.39, 0.29) is 86.1 Å². The zero-order valence-corrected chi connectivity index (χ0v) is 51.8. The van der Waals surface area contributed by atoms with Crippen LogP contribution in [0.4, 0.5) is 40.5 Å². The number of alkyl halides is 2. The molecule has 3 fully saturated rings. The summed E-state index contributed by atoms with van der Waals surface area (Å²) in [5.74, 6) is -3.73. The Labute approximate surface area is 524 Å². The first-order valence-electron chi connectivity index (χ1n) is 27.7. The average Bonchev–Trinajstić information content (AvgIpc) is 1.63. The van der Waals surface area contributed by atoms with E-state index in [2.05, 4.69) is 81.0 Å². The lowest BCUT2D eigenvalue weighted by Crippen LogP contribution is -2.54. The minimum Gasteiger partial charge on any atom is -0.447 e. The van der Waals surface area contributed by atoms with Gasteiger partial charge in [0.1, 0.15) is 67.9 Å². The summed E-state index contributed by atoms with van der Waals surface area (Å²) in [7, 11) is 1.38. The molecule has 0 bridgehead atoms. The summed E-state index contributed by atoms with van der Waals surface area (Å²) in [6, 6.07) is 3.09. The van der Waals surface area contributed by atoms with Crippen molar-refractivity contribution in [3.05, 3.63) is 67.3 Å². The molecule has 490 valence electrons. The number of thiol groups is 2. The monoisotopic (exact) mass is 1350 g/mol. The highest BCUT2D eigenvalue weighted by Gasteiger charge is 2.54. The van der Waals surface area contributed by atoms with Crippen LogP contribution in [0.5, 0.6) is 0 Å². The summed E-state index contributed by atoms with van der Waals surface area (Å²) in [5.41, 5.74) is 11.9. The first-order valence-corrected chi connectivity index (χ1v) is 33.0. The van der Waals surface area contributed by atoms with Crippen molar-refractivity contribution in [2.45, 2.75) is 101 Å². The number of rotatable bonds is 21. The molecule has 1 aromatic carbocycles. The van der Waals surface area contributed by atoms with Crippen molar-refractivity contribution >= 4 is 125 Å². The van der Waals surface area contributed by atoms with E-state index in [1.54, 1.807) is 26.0 Å². The topological polar surface area (TPSA) is 450 Å². The van der Waals surface area contributed by atoms with Crippen LogP contribution in [0.3, 0.4) is 0 Å². The molecule has 0 saturated carbocycles. The Morgan fingerprint density at radius 3 is 1.97 bits per heavy atom. The quantitative estimate of drug-likeness (QED) is 0.0221. The number of nitrogen functional groups attached to an aromatic ring is 1. The number of nitrogens with two attached hydrogens (primary N) is 2. The number of hydrogen-bond donors (Lipinski definition) is 9. The molecule has 0 spiro atoms. The zero-order chi connectivity index (χ0) is 65.5. The largest absolute Gasteiger partial charge is 0.447 e. The van der Waals surface area contributed by atoms with Gasteiger partial charge in [0, 0.05) is 44.4 Å².